The summed E-state index contributed by atoms with van der Waals surface area (Å²) >= 11 is 0. The van der Waals surface area contributed by atoms with Gasteiger partial charge in [-0.1, -0.05) is 6.42 Å². The lowest BCUT2D eigenvalue weighted by molar-refractivity contribution is -0.144. The van der Waals surface area contributed by atoms with Crippen LogP contribution in [0.25, 0.3) is 0 Å². The molecule has 0 bridgehead atoms. The molecular weight excluding hydrogens is 204 g/mol. The fourth-order valence-corrected chi connectivity index (χ4v) is 3.51. The molecule has 3 heteroatoms. The minimum Gasteiger partial charge on any atom is -0.466 e. The van der Waals surface area contributed by atoms with Gasteiger partial charge in [-0.3, -0.25) is 9.59 Å². The zero-order valence-corrected chi connectivity index (χ0v) is 9.96. The van der Waals surface area contributed by atoms with Gasteiger partial charge < -0.3 is 4.74 Å². The molecule has 0 aliphatic heterocycles. The molecule has 0 aromatic rings. The molecule has 0 aromatic carbocycles. The quantitative estimate of drug-likeness (QED) is 0.689. The average Bonchev–Trinajstić information content (AvgIpc) is 2.78. The SMILES string of the molecule is CCOC(=O)CC[C@]12CCC[C@H]1CCC2=O. The van der Waals surface area contributed by atoms with Crippen molar-refractivity contribution in [1.29, 1.82) is 0 Å². The molecule has 0 aromatic heterocycles. The van der Waals surface area contributed by atoms with Gasteiger partial charge in [0.25, 0.3) is 0 Å². The van der Waals surface area contributed by atoms with Crippen LogP contribution in [-0.2, 0) is 14.3 Å². The van der Waals surface area contributed by atoms with Gasteiger partial charge in [0.1, 0.15) is 5.78 Å². The Labute approximate surface area is 96.5 Å². The smallest absolute Gasteiger partial charge is 0.305 e. The fraction of sp³-hybridized carbons (Fsp3) is 0.846. The Hall–Kier alpha value is -0.860. The normalized spacial score (nSPS) is 32.8. The third-order valence-electron chi connectivity index (χ3n) is 4.31. The van der Waals surface area contributed by atoms with Crippen molar-refractivity contribution in [3.63, 3.8) is 0 Å². The van der Waals surface area contributed by atoms with Gasteiger partial charge in [0, 0.05) is 18.3 Å². The lowest BCUT2D eigenvalue weighted by Crippen LogP contribution is -2.29. The second-order valence-corrected chi connectivity index (χ2v) is 5.01. The highest BCUT2D eigenvalue weighted by Crippen LogP contribution is 2.54. The first-order valence-electron chi connectivity index (χ1n) is 6.38. The standard InChI is InChI=1S/C13H20O3/c1-2-16-12(15)7-9-13-8-3-4-10(13)5-6-11(13)14/h10H,2-9H2,1H3/t10-,13+/m0/s1. The summed E-state index contributed by atoms with van der Waals surface area (Å²) < 4.78 is 4.93. The van der Waals surface area contributed by atoms with Crippen LogP contribution in [-0.4, -0.2) is 18.4 Å². The molecule has 2 aliphatic carbocycles. The molecule has 0 saturated heterocycles. The summed E-state index contributed by atoms with van der Waals surface area (Å²) in [6.45, 7) is 2.25. The molecule has 2 rings (SSSR count). The van der Waals surface area contributed by atoms with Gasteiger partial charge in [0.15, 0.2) is 0 Å². The molecule has 0 amide bonds. The fourth-order valence-electron chi connectivity index (χ4n) is 3.51. The topological polar surface area (TPSA) is 43.4 Å². The number of ether oxygens (including phenoxy) is 1. The van der Waals surface area contributed by atoms with Crippen molar-refractivity contribution in [3.8, 4) is 0 Å². The average molecular weight is 224 g/mol. The second-order valence-electron chi connectivity index (χ2n) is 5.01. The molecule has 2 atom stereocenters. The van der Waals surface area contributed by atoms with E-state index in [1.54, 1.807) is 0 Å². The molecule has 16 heavy (non-hydrogen) atoms. The number of hydrogen-bond acceptors (Lipinski definition) is 3. The number of Topliss-reactive ketones (excluding diaryl/α,β-unsaturated/α-hetero) is 1. The largest absolute Gasteiger partial charge is 0.466 e. The number of ketones is 1. The summed E-state index contributed by atoms with van der Waals surface area (Å²) in [5.41, 5.74) is -0.146. The minimum absolute atomic E-state index is 0.146. The lowest BCUT2D eigenvalue weighted by atomic mass is 9.76. The Morgan fingerprint density at radius 3 is 3.06 bits per heavy atom. The van der Waals surface area contributed by atoms with E-state index >= 15 is 0 Å². The first-order valence-corrected chi connectivity index (χ1v) is 6.38. The van der Waals surface area contributed by atoms with E-state index in [9.17, 15) is 9.59 Å². The Kier molecular flexibility index (Phi) is 3.31. The lowest BCUT2D eigenvalue weighted by Gasteiger charge is -2.27. The molecule has 2 fully saturated rings. The van der Waals surface area contributed by atoms with E-state index in [1.165, 1.54) is 6.42 Å². The van der Waals surface area contributed by atoms with E-state index in [0.717, 1.165) is 32.1 Å². The van der Waals surface area contributed by atoms with Crippen molar-refractivity contribution in [3.05, 3.63) is 0 Å². The van der Waals surface area contributed by atoms with Crippen LogP contribution < -0.4 is 0 Å². The summed E-state index contributed by atoms with van der Waals surface area (Å²) in [5.74, 6) is 0.802. The minimum atomic E-state index is -0.151. The van der Waals surface area contributed by atoms with Crippen molar-refractivity contribution in [2.45, 2.75) is 51.9 Å². The molecular formula is C13H20O3. The van der Waals surface area contributed by atoms with Crippen LogP contribution in [0.4, 0.5) is 0 Å². The highest BCUT2D eigenvalue weighted by atomic mass is 16.5. The third-order valence-corrected chi connectivity index (χ3v) is 4.31. The summed E-state index contributed by atoms with van der Waals surface area (Å²) in [7, 11) is 0. The van der Waals surface area contributed by atoms with E-state index in [0.29, 0.717) is 24.7 Å². The Morgan fingerprint density at radius 2 is 2.31 bits per heavy atom. The summed E-state index contributed by atoms with van der Waals surface area (Å²) in [6.07, 6.45) is 6.23. The van der Waals surface area contributed by atoms with Crippen molar-refractivity contribution >= 4 is 11.8 Å². The first kappa shape index (κ1) is 11.6. The summed E-state index contributed by atoms with van der Waals surface area (Å²) in [6, 6.07) is 0. The monoisotopic (exact) mass is 224 g/mol. The van der Waals surface area contributed by atoms with Gasteiger partial charge in [-0.25, -0.2) is 0 Å². The van der Waals surface area contributed by atoms with Gasteiger partial charge in [-0.2, -0.15) is 0 Å². The third kappa shape index (κ3) is 1.87. The van der Waals surface area contributed by atoms with Crippen molar-refractivity contribution in [1.82, 2.24) is 0 Å². The van der Waals surface area contributed by atoms with Crippen LogP contribution in [0, 0.1) is 11.3 Å². The van der Waals surface area contributed by atoms with Crippen LogP contribution in [0.1, 0.15) is 51.9 Å². The van der Waals surface area contributed by atoms with Gasteiger partial charge in [-0.05, 0) is 38.5 Å². The zero-order chi connectivity index (χ0) is 11.6. The highest BCUT2D eigenvalue weighted by Gasteiger charge is 2.51. The molecule has 0 unspecified atom stereocenters. The van der Waals surface area contributed by atoms with Crippen LogP contribution >= 0.6 is 0 Å². The van der Waals surface area contributed by atoms with Crippen molar-refractivity contribution in [2.24, 2.45) is 11.3 Å². The number of carbonyl (C=O) groups is 2. The first-order chi connectivity index (χ1) is 7.69. The summed E-state index contributed by atoms with van der Waals surface area (Å²) in [4.78, 5) is 23.4. The van der Waals surface area contributed by atoms with E-state index in [-0.39, 0.29) is 11.4 Å². The predicted octanol–water partition coefficient (Wildman–Crippen LogP) is 2.48. The van der Waals surface area contributed by atoms with Gasteiger partial charge in [0.2, 0.25) is 0 Å². The molecule has 0 spiro atoms. The number of esters is 1. The van der Waals surface area contributed by atoms with Crippen molar-refractivity contribution in [2.75, 3.05) is 6.61 Å². The predicted molar refractivity (Wildman–Crippen MR) is 59.9 cm³/mol. The van der Waals surface area contributed by atoms with Crippen LogP contribution in [0.3, 0.4) is 0 Å². The van der Waals surface area contributed by atoms with Crippen LogP contribution in [0.2, 0.25) is 0 Å². The molecule has 0 heterocycles. The van der Waals surface area contributed by atoms with E-state index in [4.69, 9.17) is 4.74 Å². The Morgan fingerprint density at radius 1 is 1.50 bits per heavy atom. The molecule has 0 N–H and O–H groups in total. The van der Waals surface area contributed by atoms with Crippen molar-refractivity contribution < 1.29 is 14.3 Å². The van der Waals surface area contributed by atoms with Gasteiger partial charge >= 0.3 is 5.97 Å². The second kappa shape index (κ2) is 4.56. The maximum absolute atomic E-state index is 12.0. The highest BCUT2D eigenvalue weighted by molar-refractivity contribution is 5.88. The van der Waals surface area contributed by atoms with Crippen LogP contribution in [0.15, 0.2) is 0 Å². The summed E-state index contributed by atoms with van der Waals surface area (Å²) in [5, 5.41) is 0. The maximum Gasteiger partial charge on any atom is 0.305 e. The van der Waals surface area contributed by atoms with Crippen LogP contribution in [0.5, 0.6) is 0 Å². The van der Waals surface area contributed by atoms with Gasteiger partial charge in [-0.15, -0.1) is 0 Å². The van der Waals surface area contributed by atoms with Gasteiger partial charge in [0.05, 0.1) is 6.61 Å². The molecule has 0 radical (unpaired) electrons. The Bertz CT molecular complexity index is 298. The molecule has 2 saturated carbocycles. The van der Waals surface area contributed by atoms with E-state index in [2.05, 4.69) is 0 Å². The zero-order valence-electron chi connectivity index (χ0n) is 9.96. The number of hydrogen-bond donors (Lipinski definition) is 0. The molecule has 90 valence electrons. The molecule has 2 aliphatic rings. The Balaban J connectivity index is 1.96. The number of carbonyl (C=O) groups excluding carboxylic acids is 2. The number of rotatable bonds is 4. The van der Waals surface area contributed by atoms with E-state index < -0.39 is 0 Å². The maximum atomic E-state index is 12.0. The number of fused-ring (bicyclic) bond motifs is 1. The van der Waals surface area contributed by atoms with E-state index in [1.807, 2.05) is 6.92 Å². The molecule has 3 nitrogen and oxygen atoms in total.